The molecule has 5 heterocycles. The normalized spacial score (nSPS) is 11.1. The SMILES string of the molecule is Cc1ccc(-c2[c-]ccc3c2oc2cc(C)ccc23)nc1.Fc1ccc(-c2ccnc(-c3[c-]cc4oc5ccc(Cc6ccccc6)nc5c4c3)c2)cc1.[Ir]. The summed E-state index contributed by atoms with van der Waals surface area (Å²) in [4.78, 5) is 13.9. The zero-order valence-corrected chi connectivity index (χ0v) is 32.3. The van der Waals surface area contributed by atoms with Crippen molar-refractivity contribution in [3.63, 3.8) is 0 Å². The minimum Gasteiger partial charge on any atom is -0.501 e. The molecule has 5 aromatic heterocycles. The van der Waals surface area contributed by atoms with E-state index in [0.717, 1.165) is 95.3 Å². The van der Waals surface area contributed by atoms with E-state index < -0.39 is 0 Å². The van der Waals surface area contributed by atoms with Crippen LogP contribution < -0.4 is 0 Å². The molecule has 269 valence electrons. The number of furan rings is 2. The van der Waals surface area contributed by atoms with Crippen LogP contribution in [0, 0.1) is 31.8 Å². The Bertz CT molecular complexity index is 2940. The minimum atomic E-state index is -0.252. The summed E-state index contributed by atoms with van der Waals surface area (Å²) < 4.78 is 25.4. The second-order valence-electron chi connectivity index (χ2n) is 13.4. The molecule has 0 aliphatic heterocycles. The smallest absolute Gasteiger partial charge is 0.139 e. The molecule has 0 saturated heterocycles. The molecule has 0 spiro atoms. The fourth-order valence-electron chi connectivity index (χ4n) is 6.73. The molecule has 0 fully saturated rings. The molecule has 0 saturated carbocycles. The summed E-state index contributed by atoms with van der Waals surface area (Å²) in [5, 5.41) is 3.18. The monoisotopic (exact) mass is 894 g/mol. The third kappa shape index (κ3) is 7.33. The van der Waals surface area contributed by atoms with Crippen molar-refractivity contribution < 1.29 is 33.3 Å². The van der Waals surface area contributed by atoms with Gasteiger partial charge in [0.05, 0.1) is 16.7 Å². The van der Waals surface area contributed by atoms with Crippen LogP contribution >= 0.6 is 0 Å². The minimum absolute atomic E-state index is 0. The second-order valence-corrected chi connectivity index (χ2v) is 13.4. The van der Waals surface area contributed by atoms with Crippen LogP contribution in [-0.2, 0) is 26.5 Å². The van der Waals surface area contributed by atoms with Crippen LogP contribution in [0.15, 0.2) is 155 Å². The van der Waals surface area contributed by atoms with Gasteiger partial charge in [-0.25, -0.2) is 4.39 Å². The summed E-state index contributed by atoms with van der Waals surface area (Å²) in [5.41, 5.74) is 14.0. The van der Waals surface area contributed by atoms with Crippen LogP contribution in [0.1, 0.15) is 22.4 Å². The van der Waals surface area contributed by atoms with Gasteiger partial charge in [-0.05, 0) is 94.8 Å². The van der Waals surface area contributed by atoms with Crippen molar-refractivity contribution in [1.29, 1.82) is 0 Å². The molecule has 10 aromatic rings. The van der Waals surface area contributed by atoms with Crippen molar-refractivity contribution in [2.45, 2.75) is 20.3 Å². The quantitative estimate of drug-likeness (QED) is 0.161. The van der Waals surface area contributed by atoms with Crippen molar-refractivity contribution in [1.82, 2.24) is 15.0 Å². The molecule has 5 nitrogen and oxygen atoms in total. The average molecular weight is 894 g/mol. The second kappa shape index (κ2) is 15.2. The number of hydrogen-bond acceptors (Lipinski definition) is 5. The first-order chi connectivity index (χ1) is 26.4. The summed E-state index contributed by atoms with van der Waals surface area (Å²) in [6.45, 7) is 4.10. The Morgan fingerprint density at radius 2 is 1.47 bits per heavy atom. The van der Waals surface area contributed by atoms with Crippen molar-refractivity contribution in [3.8, 4) is 33.6 Å². The van der Waals surface area contributed by atoms with Gasteiger partial charge in [-0.3, -0.25) is 4.98 Å². The molecule has 0 amide bonds. The third-order valence-corrected chi connectivity index (χ3v) is 9.50. The summed E-state index contributed by atoms with van der Waals surface area (Å²) in [5.74, 6) is -0.252. The fraction of sp³-hybridized carbons (Fsp3) is 0.0625. The fourth-order valence-corrected chi connectivity index (χ4v) is 6.73. The molecule has 1 radical (unpaired) electrons. The van der Waals surface area contributed by atoms with Gasteiger partial charge < -0.3 is 18.8 Å². The molecule has 5 aromatic carbocycles. The maximum absolute atomic E-state index is 13.3. The number of aromatic nitrogens is 3. The van der Waals surface area contributed by atoms with E-state index in [9.17, 15) is 4.39 Å². The summed E-state index contributed by atoms with van der Waals surface area (Å²) in [6, 6.07) is 49.4. The number of aryl methyl sites for hydroxylation is 2. The van der Waals surface area contributed by atoms with Crippen molar-refractivity contribution in [2.75, 3.05) is 0 Å². The number of nitrogens with zero attached hydrogens (tertiary/aromatic N) is 3. The van der Waals surface area contributed by atoms with E-state index in [-0.39, 0.29) is 25.9 Å². The van der Waals surface area contributed by atoms with Gasteiger partial charge in [0, 0.05) is 50.0 Å². The Morgan fingerprint density at radius 1 is 0.636 bits per heavy atom. The molecular formula is C48H32FIrN3O2-2. The average Bonchev–Trinajstić information content (AvgIpc) is 3.76. The Labute approximate surface area is 330 Å². The van der Waals surface area contributed by atoms with Gasteiger partial charge in [-0.1, -0.05) is 83.7 Å². The van der Waals surface area contributed by atoms with Gasteiger partial charge in [-0.2, -0.15) is 0 Å². The summed E-state index contributed by atoms with van der Waals surface area (Å²) in [6.07, 6.45) is 4.39. The number of fused-ring (bicyclic) bond motifs is 6. The van der Waals surface area contributed by atoms with Crippen molar-refractivity contribution in [2.24, 2.45) is 0 Å². The number of rotatable bonds is 5. The Balaban J connectivity index is 0.000000168. The molecule has 0 aliphatic rings. The molecule has 0 unspecified atom stereocenters. The van der Waals surface area contributed by atoms with Crippen LogP contribution in [0.5, 0.6) is 0 Å². The molecular weight excluding hydrogens is 862 g/mol. The molecule has 0 bridgehead atoms. The molecule has 0 aliphatic carbocycles. The predicted molar refractivity (Wildman–Crippen MR) is 213 cm³/mol. The molecule has 0 atom stereocenters. The largest absolute Gasteiger partial charge is 0.501 e. The van der Waals surface area contributed by atoms with Gasteiger partial charge in [0.1, 0.15) is 17.0 Å². The van der Waals surface area contributed by atoms with Crippen LogP contribution in [0.4, 0.5) is 4.39 Å². The van der Waals surface area contributed by atoms with Gasteiger partial charge in [0.2, 0.25) is 0 Å². The van der Waals surface area contributed by atoms with E-state index in [4.69, 9.17) is 13.8 Å². The number of benzene rings is 5. The number of hydrogen-bond donors (Lipinski definition) is 0. The van der Waals surface area contributed by atoms with Crippen molar-refractivity contribution >= 4 is 44.0 Å². The van der Waals surface area contributed by atoms with E-state index in [0.29, 0.717) is 0 Å². The predicted octanol–water partition coefficient (Wildman–Crippen LogP) is 12.3. The maximum Gasteiger partial charge on any atom is 0.139 e. The van der Waals surface area contributed by atoms with Crippen LogP contribution in [0.3, 0.4) is 0 Å². The standard InChI is InChI=1S/C29H18FN2O.C19H14NO.Ir/c30-23-9-6-20(7-10-23)21-14-15-31-26(18-21)22-8-12-27-25(17-22)29-28(33-27)13-11-24(32-29)16-19-4-2-1-3-5-19;1-12-6-8-14-15-4-3-5-16(19(15)21-18(14)10-12)17-9-7-13(2)11-20-17;/h1-7,9-15,17-18H,16H2;3-4,6-11H,1-2H3;/q2*-1;. The first-order valence-electron chi connectivity index (χ1n) is 17.7. The Hall–Kier alpha value is -6.27. The number of halogens is 1. The maximum atomic E-state index is 13.3. The van der Waals surface area contributed by atoms with Crippen LogP contribution in [0.2, 0.25) is 0 Å². The van der Waals surface area contributed by atoms with Crippen LogP contribution in [0.25, 0.3) is 77.6 Å². The number of pyridine rings is 3. The molecule has 7 heteroatoms. The van der Waals surface area contributed by atoms with Gasteiger partial charge in [-0.15, -0.1) is 42.0 Å². The van der Waals surface area contributed by atoms with E-state index in [1.807, 2.05) is 85.9 Å². The first-order valence-corrected chi connectivity index (χ1v) is 17.7. The Morgan fingerprint density at radius 3 is 2.29 bits per heavy atom. The van der Waals surface area contributed by atoms with E-state index in [1.165, 1.54) is 23.3 Å². The zero-order valence-electron chi connectivity index (χ0n) is 29.9. The third-order valence-electron chi connectivity index (χ3n) is 9.50. The molecule has 10 rings (SSSR count). The van der Waals surface area contributed by atoms with Gasteiger partial charge in [0.15, 0.2) is 0 Å². The molecule has 0 N–H and O–H groups in total. The van der Waals surface area contributed by atoms with Gasteiger partial charge >= 0.3 is 0 Å². The first kappa shape index (κ1) is 35.7. The Kier molecular flexibility index (Phi) is 9.90. The van der Waals surface area contributed by atoms with E-state index >= 15 is 0 Å². The molecule has 55 heavy (non-hydrogen) atoms. The van der Waals surface area contributed by atoms with Crippen LogP contribution in [-0.4, -0.2) is 15.0 Å². The van der Waals surface area contributed by atoms with E-state index in [1.54, 1.807) is 18.3 Å². The van der Waals surface area contributed by atoms with Crippen molar-refractivity contribution in [3.05, 3.63) is 186 Å². The van der Waals surface area contributed by atoms with Gasteiger partial charge in [0.25, 0.3) is 0 Å². The zero-order chi connectivity index (χ0) is 36.6. The van der Waals surface area contributed by atoms with E-state index in [2.05, 4.69) is 65.4 Å². The summed E-state index contributed by atoms with van der Waals surface area (Å²) in [7, 11) is 0. The summed E-state index contributed by atoms with van der Waals surface area (Å²) >= 11 is 0. The topological polar surface area (TPSA) is 65.0 Å².